The standard InChI is InChI=1S/C21H32N4O2/c1-7-22-21(23-9-8-20-17(4)24-27-18(20)5)25(6)10-11-26-19-13-15(2)12-16(3)14-19/h12-14H,7-11H2,1-6H3,(H,22,23). The SMILES string of the molecule is CCNC(=NCCc1c(C)noc1C)N(C)CCOc1cc(C)cc(C)c1. The number of rotatable bonds is 8. The van der Waals surface area contributed by atoms with E-state index in [-0.39, 0.29) is 0 Å². The maximum Gasteiger partial charge on any atom is 0.193 e. The van der Waals surface area contributed by atoms with Gasteiger partial charge in [0, 0.05) is 25.7 Å². The Balaban J connectivity index is 1.88. The van der Waals surface area contributed by atoms with Crippen molar-refractivity contribution in [1.29, 1.82) is 0 Å². The summed E-state index contributed by atoms with van der Waals surface area (Å²) in [6.45, 7) is 13.0. The van der Waals surface area contributed by atoms with Crippen molar-refractivity contribution >= 4 is 5.96 Å². The van der Waals surface area contributed by atoms with Crippen LogP contribution in [0.3, 0.4) is 0 Å². The predicted molar refractivity (Wildman–Crippen MR) is 110 cm³/mol. The van der Waals surface area contributed by atoms with Gasteiger partial charge in [0.05, 0.1) is 12.2 Å². The first kappa shape index (κ1) is 20.8. The molecule has 6 heteroatoms. The van der Waals surface area contributed by atoms with Gasteiger partial charge in [-0.15, -0.1) is 0 Å². The van der Waals surface area contributed by atoms with E-state index in [1.807, 2.05) is 20.9 Å². The Bertz CT molecular complexity index is 728. The number of likely N-dealkylation sites (N-methyl/N-ethyl adjacent to an activating group) is 1. The van der Waals surface area contributed by atoms with Crippen molar-refractivity contribution < 1.29 is 9.26 Å². The van der Waals surface area contributed by atoms with Gasteiger partial charge >= 0.3 is 0 Å². The Hall–Kier alpha value is -2.50. The molecule has 148 valence electrons. The van der Waals surface area contributed by atoms with Gasteiger partial charge in [-0.3, -0.25) is 4.99 Å². The van der Waals surface area contributed by atoms with Gasteiger partial charge in [0.25, 0.3) is 0 Å². The number of hydrogen-bond acceptors (Lipinski definition) is 4. The Labute approximate surface area is 162 Å². The molecule has 0 saturated carbocycles. The third kappa shape index (κ3) is 6.31. The third-order valence-corrected chi connectivity index (χ3v) is 4.39. The number of aromatic nitrogens is 1. The molecule has 0 unspecified atom stereocenters. The highest BCUT2D eigenvalue weighted by Gasteiger charge is 2.10. The molecule has 1 N–H and O–H groups in total. The minimum Gasteiger partial charge on any atom is -0.492 e. The lowest BCUT2D eigenvalue weighted by Crippen LogP contribution is -2.41. The maximum absolute atomic E-state index is 5.92. The Morgan fingerprint density at radius 1 is 1.19 bits per heavy atom. The van der Waals surface area contributed by atoms with E-state index < -0.39 is 0 Å². The smallest absolute Gasteiger partial charge is 0.193 e. The van der Waals surface area contributed by atoms with Crippen LogP contribution in [-0.2, 0) is 6.42 Å². The second-order valence-electron chi connectivity index (χ2n) is 6.88. The van der Waals surface area contributed by atoms with Crippen LogP contribution in [0.2, 0.25) is 0 Å². The van der Waals surface area contributed by atoms with Crippen LogP contribution in [0.15, 0.2) is 27.7 Å². The molecular weight excluding hydrogens is 340 g/mol. The van der Waals surface area contributed by atoms with Crippen molar-refractivity contribution in [3.8, 4) is 5.75 Å². The number of hydrogen-bond donors (Lipinski definition) is 1. The number of aryl methyl sites for hydroxylation is 4. The highest BCUT2D eigenvalue weighted by molar-refractivity contribution is 5.79. The number of aliphatic imine (C=N–C) groups is 1. The van der Waals surface area contributed by atoms with Gasteiger partial charge in [-0.2, -0.15) is 0 Å². The molecule has 1 heterocycles. The molecule has 6 nitrogen and oxygen atoms in total. The molecule has 0 amide bonds. The topological polar surface area (TPSA) is 62.9 Å². The lowest BCUT2D eigenvalue weighted by Gasteiger charge is -2.22. The number of benzene rings is 1. The largest absolute Gasteiger partial charge is 0.492 e. The minimum atomic E-state index is 0.605. The van der Waals surface area contributed by atoms with E-state index in [0.29, 0.717) is 13.2 Å². The number of nitrogens with one attached hydrogen (secondary N) is 1. The molecule has 1 aromatic carbocycles. The van der Waals surface area contributed by atoms with E-state index in [1.165, 1.54) is 11.1 Å². The molecule has 0 radical (unpaired) electrons. The van der Waals surface area contributed by atoms with E-state index in [9.17, 15) is 0 Å². The number of ether oxygens (including phenoxy) is 1. The molecule has 0 bridgehead atoms. The lowest BCUT2D eigenvalue weighted by atomic mass is 10.1. The van der Waals surface area contributed by atoms with Crippen LogP contribution in [0, 0.1) is 27.7 Å². The zero-order valence-electron chi connectivity index (χ0n) is 17.4. The molecule has 2 rings (SSSR count). The quantitative estimate of drug-likeness (QED) is 0.568. The molecule has 0 aliphatic heterocycles. The Kier molecular flexibility index (Phi) is 7.70. The predicted octanol–water partition coefficient (Wildman–Crippen LogP) is 3.43. The van der Waals surface area contributed by atoms with Crippen LogP contribution in [0.4, 0.5) is 0 Å². The van der Waals surface area contributed by atoms with Crippen LogP contribution in [0.5, 0.6) is 5.75 Å². The zero-order valence-corrected chi connectivity index (χ0v) is 17.4. The van der Waals surface area contributed by atoms with Crippen molar-refractivity contribution in [2.24, 2.45) is 4.99 Å². The van der Waals surface area contributed by atoms with Gasteiger partial charge < -0.3 is 19.5 Å². The van der Waals surface area contributed by atoms with Gasteiger partial charge in [-0.05, 0) is 64.3 Å². The van der Waals surface area contributed by atoms with Gasteiger partial charge in [-0.25, -0.2) is 0 Å². The van der Waals surface area contributed by atoms with Crippen LogP contribution in [-0.4, -0.2) is 49.3 Å². The zero-order chi connectivity index (χ0) is 19.8. The molecule has 27 heavy (non-hydrogen) atoms. The molecular formula is C21H32N4O2. The van der Waals surface area contributed by atoms with Crippen LogP contribution in [0.1, 0.15) is 35.1 Å². The molecule has 0 fully saturated rings. The van der Waals surface area contributed by atoms with Crippen LogP contribution >= 0.6 is 0 Å². The summed E-state index contributed by atoms with van der Waals surface area (Å²) in [6.07, 6.45) is 0.822. The summed E-state index contributed by atoms with van der Waals surface area (Å²) < 4.78 is 11.1. The van der Waals surface area contributed by atoms with E-state index in [2.05, 4.69) is 54.3 Å². The first-order valence-electron chi connectivity index (χ1n) is 9.53. The third-order valence-electron chi connectivity index (χ3n) is 4.39. The van der Waals surface area contributed by atoms with Crippen molar-refractivity contribution in [3.63, 3.8) is 0 Å². The summed E-state index contributed by atoms with van der Waals surface area (Å²) in [5, 5.41) is 7.34. The van der Waals surface area contributed by atoms with E-state index in [1.54, 1.807) is 0 Å². The molecule has 0 saturated heterocycles. The summed E-state index contributed by atoms with van der Waals surface area (Å²) in [4.78, 5) is 6.83. The minimum absolute atomic E-state index is 0.605. The van der Waals surface area contributed by atoms with Gasteiger partial charge in [-0.1, -0.05) is 11.2 Å². The molecule has 0 atom stereocenters. The van der Waals surface area contributed by atoms with Crippen molar-refractivity contribution in [2.75, 3.05) is 33.3 Å². The highest BCUT2D eigenvalue weighted by atomic mass is 16.5. The summed E-state index contributed by atoms with van der Waals surface area (Å²) in [6, 6.07) is 6.28. The fourth-order valence-corrected chi connectivity index (χ4v) is 3.02. The molecule has 0 aliphatic rings. The van der Waals surface area contributed by atoms with E-state index >= 15 is 0 Å². The molecule has 0 spiro atoms. The fraction of sp³-hybridized carbons (Fsp3) is 0.524. The van der Waals surface area contributed by atoms with Gasteiger partial charge in [0.1, 0.15) is 18.1 Å². The average Bonchev–Trinajstić information content (AvgIpc) is 2.92. The first-order chi connectivity index (χ1) is 12.9. The maximum atomic E-state index is 5.92. The van der Waals surface area contributed by atoms with Crippen molar-refractivity contribution in [2.45, 2.75) is 41.0 Å². The van der Waals surface area contributed by atoms with Crippen molar-refractivity contribution in [3.05, 3.63) is 46.3 Å². The second kappa shape index (κ2) is 10.00. The number of nitrogens with zero attached hydrogens (tertiary/aromatic N) is 3. The van der Waals surface area contributed by atoms with E-state index in [4.69, 9.17) is 14.3 Å². The van der Waals surface area contributed by atoms with Crippen LogP contribution < -0.4 is 10.1 Å². The monoisotopic (exact) mass is 372 g/mol. The lowest BCUT2D eigenvalue weighted by molar-refractivity contribution is 0.281. The van der Waals surface area contributed by atoms with Crippen LogP contribution in [0.25, 0.3) is 0 Å². The van der Waals surface area contributed by atoms with Gasteiger partial charge in [0.2, 0.25) is 0 Å². The highest BCUT2D eigenvalue weighted by Crippen LogP contribution is 2.16. The molecule has 1 aromatic heterocycles. The molecule has 0 aliphatic carbocycles. The fourth-order valence-electron chi connectivity index (χ4n) is 3.02. The summed E-state index contributed by atoms with van der Waals surface area (Å²) in [7, 11) is 2.03. The second-order valence-corrected chi connectivity index (χ2v) is 6.88. The average molecular weight is 373 g/mol. The number of guanidine groups is 1. The summed E-state index contributed by atoms with van der Waals surface area (Å²) >= 11 is 0. The Morgan fingerprint density at radius 2 is 1.89 bits per heavy atom. The van der Waals surface area contributed by atoms with E-state index in [0.717, 1.165) is 48.2 Å². The molecule has 2 aromatic rings. The van der Waals surface area contributed by atoms with Crippen molar-refractivity contribution in [1.82, 2.24) is 15.4 Å². The Morgan fingerprint density at radius 3 is 2.48 bits per heavy atom. The summed E-state index contributed by atoms with van der Waals surface area (Å²) in [5.41, 5.74) is 4.53. The summed E-state index contributed by atoms with van der Waals surface area (Å²) in [5.74, 6) is 2.68. The van der Waals surface area contributed by atoms with Gasteiger partial charge in [0.15, 0.2) is 5.96 Å². The first-order valence-corrected chi connectivity index (χ1v) is 9.53. The normalized spacial score (nSPS) is 11.6.